The molecule has 0 fully saturated rings. The average molecular weight is 444 g/mol. The zero-order valence-electron chi connectivity index (χ0n) is 15.2. The fraction of sp³-hybridized carbons (Fsp3) is 0.176. The Morgan fingerprint density at radius 1 is 1.21 bits per heavy atom. The number of hydrogen-bond donors (Lipinski definition) is 3. The number of anilines is 1. The summed E-state index contributed by atoms with van der Waals surface area (Å²) in [6, 6.07) is 6.91. The molecule has 0 aromatic heterocycles. The van der Waals surface area contributed by atoms with Crippen molar-refractivity contribution in [3.63, 3.8) is 0 Å². The number of phenolic OH excluding ortho intramolecular Hbond substituents is 1. The van der Waals surface area contributed by atoms with Gasteiger partial charge in [-0.2, -0.15) is 16.8 Å². The van der Waals surface area contributed by atoms with Crippen LogP contribution in [0, 0.1) is 12.7 Å². The van der Waals surface area contributed by atoms with Gasteiger partial charge in [0.15, 0.2) is 5.82 Å². The Morgan fingerprint density at radius 3 is 2.45 bits per heavy atom. The van der Waals surface area contributed by atoms with Crippen LogP contribution in [0.1, 0.15) is 16.7 Å². The number of rotatable bonds is 5. The third kappa shape index (κ3) is 4.54. The van der Waals surface area contributed by atoms with E-state index >= 15 is 0 Å². The van der Waals surface area contributed by atoms with Crippen molar-refractivity contribution < 1.29 is 35.6 Å². The second kappa shape index (κ2) is 7.12. The number of aryl methyl sites for hydroxylation is 1. The number of benzene rings is 2. The summed E-state index contributed by atoms with van der Waals surface area (Å²) >= 11 is 0. The van der Waals surface area contributed by atoms with Crippen LogP contribution in [0.3, 0.4) is 0 Å². The van der Waals surface area contributed by atoms with Crippen molar-refractivity contribution in [2.75, 3.05) is 10.6 Å². The molecular formula is C17H17FN2O7S2. The van der Waals surface area contributed by atoms with Crippen LogP contribution in [0.5, 0.6) is 11.5 Å². The van der Waals surface area contributed by atoms with Crippen molar-refractivity contribution in [1.82, 2.24) is 4.72 Å². The number of halogens is 1. The third-order valence-corrected chi connectivity index (χ3v) is 5.66. The quantitative estimate of drug-likeness (QED) is 0.599. The molecule has 1 aliphatic rings. The maximum atomic E-state index is 14.7. The minimum Gasteiger partial charge on any atom is -0.506 e. The van der Waals surface area contributed by atoms with Crippen LogP contribution in [0.15, 0.2) is 42.4 Å². The molecule has 0 radical (unpaired) electrons. The molecular weight excluding hydrogens is 427 g/mol. The Morgan fingerprint density at radius 2 is 1.90 bits per heavy atom. The topological polar surface area (TPSA) is 133 Å². The Balaban J connectivity index is 2.00. The van der Waals surface area contributed by atoms with E-state index in [1.165, 1.54) is 6.07 Å². The summed E-state index contributed by atoms with van der Waals surface area (Å²) in [5.41, 5.74) is 0.805. The third-order valence-electron chi connectivity index (χ3n) is 3.91. The first-order valence-electron chi connectivity index (χ1n) is 8.09. The van der Waals surface area contributed by atoms with Gasteiger partial charge in [-0.3, -0.25) is 0 Å². The number of phenols is 1. The lowest BCUT2D eigenvalue weighted by Gasteiger charge is -2.17. The minimum absolute atomic E-state index is 0.00336. The fourth-order valence-corrected chi connectivity index (χ4v) is 4.41. The molecule has 0 saturated carbocycles. The van der Waals surface area contributed by atoms with Crippen molar-refractivity contribution >= 4 is 26.0 Å². The van der Waals surface area contributed by atoms with E-state index in [0.717, 1.165) is 24.0 Å². The standard InChI is InChI=1S/C17H17FN2O7S2/c1-10-3-4-15(27-28(2,23)24)12(5-10)6-11-7-13(18)17(14(21)8-11)20-9-16(22)19-29(20,25)26/h3-5,7-9,19,21-22H,6H2,1-2H3. The summed E-state index contributed by atoms with van der Waals surface area (Å²) in [5, 5.41) is 19.6. The van der Waals surface area contributed by atoms with Gasteiger partial charge in [0.25, 0.3) is 0 Å². The molecule has 2 aromatic carbocycles. The molecule has 9 nitrogen and oxygen atoms in total. The highest BCUT2D eigenvalue weighted by Crippen LogP contribution is 2.36. The SMILES string of the molecule is Cc1ccc(OS(C)(=O)=O)c(Cc2cc(O)c(N3C=C(O)NS3(=O)=O)c(F)c2)c1. The largest absolute Gasteiger partial charge is 0.506 e. The van der Waals surface area contributed by atoms with Gasteiger partial charge in [-0.05, 0) is 30.7 Å². The van der Waals surface area contributed by atoms with Gasteiger partial charge in [0.05, 0.1) is 12.5 Å². The van der Waals surface area contributed by atoms with Crippen molar-refractivity contribution in [3.8, 4) is 11.5 Å². The fourth-order valence-electron chi connectivity index (χ4n) is 2.84. The maximum Gasteiger partial charge on any atom is 0.330 e. The Hall–Kier alpha value is -2.99. The number of aromatic hydroxyl groups is 1. The summed E-state index contributed by atoms with van der Waals surface area (Å²) in [6.45, 7) is 1.78. The van der Waals surface area contributed by atoms with Crippen LogP contribution < -0.4 is 13.2 Å². The summed E-state index contributed by atoms with van der Waals surface area (Å²) < 4.78 is 68.5. The van der Waals surface area contributed by atoms with E-state index in [9.17, 15) is 31.4 Å². The summed E-state index contributed by atoms with van der Waals surface area (Å²) in [6.07, 6.45) is 1.61. The van der Waals surface area contributed by atoms with Gasteiger partial charge in [0.2, 0.25) is 5.88 Å². The number of nitrogens with one attached hydrogen (secondary N) is 1. The summed E-state index contributed by atoms with van der Waals surface area (Å²) in [5.74, 6) is -2.42. The summed E-state index contributed by atoms with van der Waals surface area (Å²) in [4.78, 5) is 0. The molecule has 0 amide bonds. The molecule has 0 atom stereocenters. The highest BCUT2D eigenvalue weighted by molar-refractivity contribution is 7.91. The molecule has 29 heavy (non-hydrogen) atoms. The normalized spacial score (nSPS) is 15.7. The lowest BCUT2D eigenvalue weighted by Crippen LogP contribution is -2.30. The molecule has 0 spiro atoms. The van der Waals surface area contributed by atoms with Crippen molar-refractivity contribution in [2.24, 2.45) is 0 Å². The zero-order chi connectivity index (χ0) is 21.6. The Labute approximate surface area is 167 Å². The van der Waals surface area contributed by atoms with E-state index in [4.69, 9.17) is 4.18 Å². The number of nitrogens with zero attached hydrogens (tertiary/aromatic N) is 1. The predicted molar refractivity (Wildman–Crippen MR) is 103 cm³/mol. The van der Waals surface area contributed by atoms with Gasteiger partial charge in [0.1, 0.15) is 17.2 Å². The number of aliphatic hydroxyl groups is 1. The van der Waals surface area contributed by atoms with Crippen LogP contribution in [0.2, 0.25) is 0 Å². The van der Waals surface area contributed by atoms with E-state index in [-0.39, 0.29) is 17.7 Å². The second-order valence-electron chi connectivity index (χ2n) is 6.44. The Kier molecular flexibility index (Phi) is 5.09. The molecule has 1 aliphatic heterocycles. The van der Waals surface area contributed by atoms with Crippen LogP contribution in [-0.4, -0.2) is 33.3 Å². The highest BCUT2D eigenvalue weighted by Gasteiger charge is 2.33. The van der Waals surface area contributed by atoms with E-state index in [1.807, 2.05) is 0 Å². The minimum atomic E-state index is -4.28. The number of hydrogen-bond acceptors (Lipinski definition) is 7. The van der Waals surface area contributed by atoms with Crippen molar-refractivity contribution in [3.05, 3.63) is 64.9 Å². The van der Waals surface area contributed by atoms with Gasteiger partial charge in [-0.1, -0.05) is 17.7 Å². The molecule has 3 rings (SSSR count). The highest BCUT2D eigenvalue weighted by atomic mass is 32.2. The monoisotopic (exact) mass is 444 g/mol. The molecule has 3 N–H and O–H groups in total. The van der Waals surface area contributed by atoms with Gasteiger partial charge in [0, 0.05) is 12.0 Å². The van der Waals surface area contributed by atoms with Gasteiger partial charge >= 0.3 is 20.3 Å². The van der Waals surface area contributed by atoms with Crippen LogP contribution in [-0.2, 0) is 26.7 Å². The van der Waals surface area contributed by atoms with E-state index in [2.05, 4.69) is 0 Å². The van der Waals surface area contributed by atoms with Crippen molar-refractivity contribution in [2.45, 2.75) is 13.3 Å². The molecule has 156 valence electrons. The van der Waals surface area contributed by atoms with Gasteiger partial charge in [-0.25, -0.2) is 13.4 Å². The average Bonchev–Trinajstić information content (AvgIpc) is 2.81. The molecule has 1 heterocycles. The van der Waals surface area contributed by atoms with Crippen LogP contribution >= 0.6 is 0 Å². The lowest BCUT2D eigenvalue weighted by molar-refractivity contribution is 0.392. The first kappa shape index (κ1) is 20.7. The maximum absolute atomic E-state index is 14.7. The zero-order valence-corrected chi connectivity index (χ0v) is 16.9. The van der Waals surface area contributed by atoms with Crippen LogP contribution in [0.25, 0.3) is 0 Å². The van der Waals surface area contributed by atoms with E-state index in [0.29, 0.717) is 16.1 Å². The molecule has 12 heteroatoms. The first-order chi connectivity index (χ1) is 13.4. The predicted octanol–water partition coefficient (Wildman–Crippen LogP) is 1.78. The molecule has 0 unspecified atom stereocenters. The molecule has 0 aliphatic carbocycles. The second-order valence-corrected chi connectivity index (χ2v) is 9.56. The first-order valence-corrected chi connectivity index (χ1v) is 11.3. The van der Waals surface area contributed by atoms with E-state index in [1.54, 1.807) is 23.8 Å². The van der Waals surface area contributed by atoms with E-state index < -0.39 is 43.5 Å². The Bertz CT molecular complexity index is 1200. The molecule has 0 saturated heterocycles. The number of aliphatic hydroxyl groups excluding tert-OH is 1. The van der Waals surface area contributed by atoms with Gasteiger partial charge in [-0.15, -0.1) is 0 Å². The molecule has 0 bridgehead atoms. The smallest absolute Gasteiger partial charge is 0.330 e. The summed E-state index contributed by atoms with van der Waals surface area (Å²) in [7, 11) is -8.08. The molecule has 2 aromatic rings. The lowest BCUT2D eigenvalue weighted by atomic mass is 10.0. The van der Waals surface area contributed by atoms with Gasteiger partial charge < -0.3 is 14.4 Å². The van der Waals surface area contributed by atoms with Crippen molar-refractivity contribution in [1.29, 1.82) is 0 Å². The van der Waals surface area contributed by atoms with Crippen LogP contribution in [0.4, 0.5) is 10.1 Å².